The highest BCUT2D eigenvalue weighted by Crippen LogP contribution is 2.32. The van der Waals surface area contributed by atoms with Gasteiger partial charge in [-0.3, -0.25) is 19.2 Å². The van der Waals surface area contributed by atoms with Gasteiger partial charge >= 0.3 is 0 Å². The number of benzene rings is 6. The summed E-state index contributed by atoms with van der Waals surface area (Å²) in [5.74, 6) is -1.03. The number of amides is 2. The summed E-state index contributed by atoms with van der Waals surface area (Å²) in [6.45, 7) is 0. The second-order valence-corrected chi connectivity index (χ2v) is 11.7. The summed E-state index contributed by atoms with van der Waals surface area (Å²) in [6.07, 6.45) is 0. The van der Waals surface area contributed by atoms with E-state index in [9.17, 15) is 19.2 Å². The molecule has 6 aromatic rings. The van der Waals surface area contributed by atoms with E-state index in [2.05, 4.69) is 21.3 Å². The van der Waals surface area contributed by atoms with Crippen molar-refractivity contribution in [2.24, 2.45) is 0 Å². The summed E-state index contributed by atoms with van der Waals surface area (Å²) in [5, 5.41) is 12.2. The van der Waals surface area contributed by atoms with Gasteiger partial charge < -0.3 is 32.7 Å². The Bertz CT molecular complexity index is 2120. The molecular formula is C40H30N6O4. The van der Waals surface area contributed by atoms with Crippen LogP contribution < -0.4 is 32.7 Å². The van der Waals surface area contributed by atoms with Gasteiger partial charge in [0.2, 0.25) is 0 Å². The Balaban J connectivity index is 1.03. The first kappa shape index (κ1) is 31.4. The molecule has 0 saturated carbocycles. The van der Waals surface area contributed by atoms with Crippen molar-refractivity contribution in [3.8, 4) is 0 Å². The largest absolute Gasteiger partial charge is 0.399 e. The van der Waals surface area contributed by atoms with E-state index in [0.29, 0.717) is 78.9 Å². The minimum atomic E-state index is -0.272. The molecule has 0 saturated heterocycles. The molecule has 10 nitrogen and oxygen atoms in total. The summed E-state index contributed by atoms with van der Waals surface area (Å²) >= 11 is 0. The molecule has 8 N–H and O–H groups in total. The number of anilines is 8. The lowest BCUT2D eigenvalue weighted by Crippen LogP contribution is -2.21. The van der Waals surface area contributed by atoms with Gasteiger partial charge in [-0.05, 0) is 133 Å². The molecule has 1 aliphatic rings. The molecule has 0 atom stereocenters. The molecule has 10 heteroatoms. The Morgan fingerprint density at radius 3 is 1.08 bits per heavy atom. The van der Waals surface area contributed by atoms with E-state index in [1.54, 1.807) is 133 Å². The lowest BCUT2D eigenvalue weighted by molar-refractivity contribution is 0.0979. The van der Waals surface area contributed by atoms with Crippen molar-refractivity contribution in [3.05, 3.63) is 167 Å². The average molecular weight is 659 g/mol. The van der Waals surface area contributed by atoms with Crippen LogP contribution in [0.2, 0.25) is 0 Å². The molecule has 1 aliphatic carbocycles. The van der Waals surface area contributed by atoms with Crippen LogP contribution in [0.4, 0.5) is 45.5 Å². The fraction of sp³-hybridized carbons (Fsp3) is 0. The van der Waals surface area contributed by atoms with Crippen molar-refractivity contribution in [1.82, 2.24) is 0 Å². The molecule has 0 aromatic heterocycles. The Kier molecular flexibility index (Phi) is 8.25. The van der Waals surface area contributed by atoms with Crippen molar-refractivity contribution in [2.45, 2.75) is 0 Å². The molecule has 6 aromatic carbocycles. The van der Waals surface area contributed by atoms with Crippen molar-refractivity contribution in [3.63, 3.8) is 0 Å². The van der Waals surface area contributed by atoms with E-state index in [4.69, 9.17) is 11.5 Å². The third kappa shape index (κ3) is 6.62. The van der Waals surface area contributed by atoms with E-state index < -0.39 is 0 Å². The lowest BCUT2D eigenvalue weighted by Gasteiger charge is -2.20. The van der Waals surface area contributed by atoms with E-state index in [0.717, 1.165) is 0 Å². The molecule has 0 fully saturated rings. The van der Waals surface area contributed by atoms with Crippen LogP contribution in [0.3, 0.4) is 0 Å². The predicted molar refractivity (Wildman–Crippen MR) is 197 cm³/mol. The third-order valence-electron chi connectivity index (χ3n) is 8.23. The Labute approximate surface area is 287 Å². The predicted octanol–water partition coefficient (Wildman–Crippen LogP) is 7.62. The van der Waals surface area contributed by atoms with E-state index in [-0.39, 0.29) is 23.4 Å². The number of nitrogens with two attached hydrogens (primary N) is 2. The van der Waals surface area contributed by atoms with Crippen LogP contribution in [0.25, 0.3) is 0 Å². The maximum absolute atomic E-state index is 13.7. The fourth-order valence-electron chi connectivity index (χ4n) is 5.59. The lowest BCUT2D eigenvalue weighted by atomic mass is 9.83. The zero-order valence-electron chi connectivity index (χ0n) is 26.5. The Morgan fingerprint density at radius 2 is 0.700 bits per heavy atom. The number of carbonyl (C=O) groups is 4. The first-order chi connectivity index (χ1) is 24.2. The SMILES string of the molecule is Nc1ccc(NC(=O)c2ccc(Nc3ccc4c(c3)C(=O)c3cc(Nc5ccc(C(=O)Nc6ccc(N)cc6)cc5)ccc3C4=O)cc2)cc1. The molecule has 0 unspecified atom stereocenters. The first-order valence-electron chi connectivity index (χ1n) is 15.7. The van der Waals surface area contributed by atoms with Gasteiger partial charge in [0.05, 0.1) is 0 Å². The topological polar surface area (TPSA) is 168 Å². The number of nitrogen functional groups attached to an aromatic ring is 2. The molecule has 0 radical (unpaired) electrons. The van der Waals surface area contributed by atoms with Crippen LogP contribution in [0.5, 0.6) is 0 Å². The van der Waals surface area contributed by atoms with Gasteiger partial charge in [-0.15, -0.1) is 0 Å². The van der Waals surface area contributed by atoms with Gasteiger partial charge in [0.15, 0.2) is 11.6 Å². The Hall–Kier alpha value is -7.20. The number of carbonyl (C=O) groups excluding carboxylic acids is 4. The smallest absolute Gasteiger partial charge is 0.255 e. The van der Waals surface area contributed by atoms with Crippen LogP contribution >= 0.6 is 0 Å². The number of rotatable bonds is 8. The van der Waals surface area contributed by atoms with Gasteiger partial charge in [0.25, 0.3) is 11.8 Å². The van der Waals surface area contributed by atoms with Crippen molar-refractivity contribution < 1.29 is 19.2 Å². The number of hydrogen-bond acceptors (Lipinski definition) is 8. The van der Waals surface area contributed by atoms with E-state index in [1.165, 1.54) is 0 Å². The van der Waals surface area contributed by atoms with Gasteiger partial charge in [-0.1, -0.05) is 0 Å². The molecule has 2 amide bonds. The molecule has 0 aliphatic heterocycles. The summed E-state index contributed by atoms with van der Waals surface area (Å²) in [5.41, 5.74) is 18.7. The highest BCUT2D eigenvalue weighted by Gasteiger charge is 2.30. The molecular weight excluding hydrogens is 628 g/mol. The van der Waals surface area contributed by atoms with Crippen molar-refractivity contribution in [2.75, 3.05) is 32.7 Å². The number of nitrogens with one attached hydrogen (secondary N) is 4. The minimum absolute atomic E-state index is 0.236. The molecule has 0 spiro atoms. The zero-order valence-corrected chi connectivity index (χ0v) is 26.5. The normalized spacial score (nSPS) is 11.6. The quantitative estimate of drug-likeness (QED) is 0.0907. The second kappa shape index (κ2) is 13.1. The Morgan fingerprint density at radius 1 is 0.380 bits per heavy atom. The van der Waals surface area contributed by atoms with Gasteiger partial charge in [-0.25, -0.2) is 0 Å². The average Bonchev–Trinajstić information content (AvgIpc) is 3.13. The standard InChI is InChI=1S/C40H30N6O4/c41-25-5-13-29(14-6-25)45-39(49)23-1-9-27(10-2-23)43-31-17-19-33-35(21-31)38(48)36-22-32(18-20-34(36)37(33)47)44-28-11-3-24(4-12-28)40(50)46-30-15-7-26(42)8-16-30/h1-22,43-44H,41-42H2,(H,45,49)(H,46,50). The van der Waals surface area contributed by atoms with Gasteiger partial charge in [0.1, 0.15) is 0 Å². The van der Waals surface area contributed by atoms with Gasteiger partial charge in [-0.2, -0.15) is 0 Å². The van der Waals surface area contributed by atoms with Crippen molar-refractivity contribution >= 4 is 68.9 Å². The number of hydrogen-bond donors (Lipinski definition) is 6. The maximum Gasteiger partial charge on any atom is 0.255 e. The fourth-order valence-corrected chi connectivity index (χ4v) is 5.59. The second-order valence-electron chi connectivity index (χ2n) is 11.7. The highest BCUT2D eigenvalue weighted by molar-refractivity contribution is 6.29. The van der Waals surface area contributed by atoms with Crippen LogP contribution in [0.15, 0.2) is 133 Å². The number of ketones is 2. The van der Waals surface area contributed by atoms with Gasteiger partial charge in [0, 0.05) is 78.9 Å². The van der Waals surface area contributed by atoms with Crippen LogP contribution in [0.1, 0.15) is 52.6 Å². The summed E-state index contributed by atoms with van der Waals surface area (Å²) < 4.78 is 0. The highest BCUT2D eigenvalue weighted by atomic mass is 16.2. The zero-order chi connectivity index (χ0) is 34.8. The summed E-state index contributed by atoms with van der Waals surface area (Å²) in [7, 11) is 0. The maximum atomic E-state index is 13.7. The molecule has 0 bridgehead atoms. The first-order valence-corrected chi connectivity index (χ1v) is 15.7. The van der Waals surface area contributed by atoms with Crippen molar-refractivity contribution in [1.29, 1.82) is 0 Å². The monoisotopic (exact) mass is 658 g/mol. The van der Waals surface area contributed by atoms with Crippen LogP contribution in [0, 0.1) is 0 Å². The molecule has 7 rings (SSSR count). The number of fused-ring (bicyclic) bond motifs is 2. The molecule has 244 valence electrons. The summed E-state index contributed by atoms with van der Waals surface area (Å²) in [6, 6.07) is 37.7. The van der Waals surface area contributed by atoms with Crippen LogP contribution in [-0.2, 0) is 0 Å². The van der Waals surface area contributed by atoms with E-state index >= 15 is 0 Å². The summed E-state index contributed by atoms with van der Waals surface area (Å²) in [4.78, 5) is 52.5. The molecule has 0 heterocycles. The van der Waals surface area contributed by atoms with Crippen LogP contribution in [-0.4, -0.2) is 23.4 Å². The third-order valence-corrected chi connectivity index (χ3v) is 8.23. The molecule has 50 heavy (non-hydrogen) atoms. The van der Waals surface area contributed by atoms with E-state index in [1.807, 2.05) is 0 Å². The minimum Gasteiger partial charge on any atom is -0.399 e.